The molecule has 12 heteroatoms. The molecule has 0 atom stereocenters. The van der Waals surface area contributed by atoms with Crippen LogP contribution in [0.3, 0.4) is 0 Å². The minimum absolute atomic E-state index is 0.0817. The quantitative estimate of drug-likeness (QED) is 0.320. The molecule has 2 N–H and O–H groups in total. The number of aromatic amines is 1. The Morgan fingerprint density at radius 3 is 2.51 bits per heavy atom. The first-order valence-electron chi connectivity index (χ1n) is 11.5. The van der Waals surface area contributed by atoms with Gasteiger partial charge in [0, 0.05) is 24.7 Å². The Balaban J connectivity index is 1.33. The maximum atomic E-state index is 13.0. The Hall–Kier alpha value is -4.29. The van der Waals surface area contributed by atoms with E-state index in [1.54, 1.807) is 60.0 Å². The fourth-order valence-electron chi connectivity index (χ4n) is 4.12. The molecule has 3 heterocycles. The lowest BCUT2D eigenvalue weighted by atomic mass is 10.1. The molecule has 5 aromatic rings. The van der Waals surface area contributed by atoms with E-state index in [2.05, 4.69) is 19.8 Å². The normalized spacial score (nSPS) is 11.8. The summed E-state index contributed by atoms with van der Waals surface area (Å²) in [5.74, 6) is 0.479. The van der Waals surface area contributed by atoms with Crippen LogP contribution in [0.4, 0.5) is 0 Å². The summed E-state index contributed by atoms with van der Waals surface area (Å²) in [6, 6.07) is 13.9. The van der Waals surface area contributed by atoms with Crippen molar-refractivity contribution in [3.63, 3.8) is 0 Å². The number of benzene rings is 2. The smallest absolute Gasteiger partial charge is 0.330 e. The van der Waals surface area contributed by atoms with Crippen molar-refractivity contribution in [1.29, 1.82) is 0 Å². The highest BCUT2D eigenvalue weighted by atomic mass is 32.2. The Morgan fingerprint density at radius 2 is 1.81 bits per heavy atom. The van der Waals surface area contributed by atoms with Crippen LogP contribution in [-0.4, -0.2) is 32.7 Å². The van der Waals surface area contributed by atoms with Crippen molar-refractivity contribution in [3.05, 3.63) is 98.6 Å². The van der Waals surface area contributed by atoms with Gasteiger partial charge in [-0.25, -0.2) is 22.9 Å². The number of H-pyrrole nitrogens is 1. The molecule has 0 radical (unpaired) electrons. The summed E-state index contributed by atoms with van der Waals surface area (Å²) in [7, 11) is -3.80. The molecule has 0 unspecified atom stereocenters. The third kappa shape index (κ3) is 4.76. The van der Waals surface area contributed by atoms with E-state index in [4.69, 9.17) is 4.52 Å². The Kier molecular flexibility index (Phi) is 6.36. The van der Waals surface area contributed by atoms with Gasteiger partial charge in [0.15, 0.2) is 16.9 Å². The van der Waals surface area contributed by atoms with Crippen molar-refractivity contribution < 1.29 is 12.9 Å². The van der Waals surface area contributed by atoms with Gasteiger partial charge in [0.1, 0.15) is 0 Å². The number of hydrogen-bond acceptors (Lipinski definition) is 7. The molecule has 0 fully saturated rings. The summed E-state index contributed by atoms with van der Waals surface area (Å²) < 4.78 is 37.0. The number of imidazole rings is 1. The lowest BCUT2D eigenvalue weighted by molar-refractivity contribution is 0.432. The van der Waals surface area contributed by atoms with Gasteiger partial charge in [0.2, 0.25) is 10.0 Å². The third-order valence-corrected chi connectivity index (χ3v) is 7.67. The molecule has 0 bridgehead atoms. The number of aryl methyl sites for hydroxylation is 2. The first kappa shape index (κ1) is 24.4. The number of aromatic nitrogens is 5. The predicted molar refractivity (Wildman–Crippen MR) is 137 cm³/mol. The van der Waals surface area contributed by atoms with E-state index >= 15 is 0 Å². The molecule has 3 aromatic heterocycles. The fraction of sp³-hybridized carbons (Fsp3) is 0.200. The van der Waals surface area contributed by atoms with Crippen molar-refractivity contribution in [1.82, 2.24) is 29.0 Å². The van der Waals surface area contributed by atoms with Crippen molar-refractivity contribution in [3.8, 4) is 11.3 Å². The van der Waals surface area contributed by atoms with E-state index < -0.39 is 21.3 Å². The van der Waals surface area contributed by atoms with Gasteiger partial charge in [-0.15, -0.1) is 0 Å². The van der Waals surface area contributed by atoms with E-state index in [0.29, 0.717) is 34.6 Å². The standard InChI is InChI=1S/C25H24N6O5S/c1-3-30-15-26-23-22(30)24(32)29-25(33)31(23)14-18-7-5-17(6-8-18)13-28-37(34,35)21-12-19(9-4-16(21)2)20-10-11-27-36-20/h4-12,15,28H,3,13-14H2,1-2H3,(H,29,32,33). The molecule has 190 valence electrons. The van der Waals surface area contributed by atoms with Crippen molar-refractivity contribution in [2.75, 3.05) is 0 Å². The van der Waals surface area contributed by atoms with Crippen LogP contribution in [0.25, 0.3) is 22.5 Å². The molecule has 0 amide bonds. The van der Waals surface area contributed by atoms with Crippen molar-refractivity contribution in [2.45, 2.75) is 38.4 Å². The SMILES string of the molecule is CCn1cnc2c1c(=O)[nH]c(=O)n2Cc1ccc(CNS(=O)(=O)c2cc(-c3ccno3)ccc2C)cc1. The molecule has 11 nitrogen and oxygen atoms in total. The van der Waals surface area contributed by atoms with Crippen LogP contribution in [0.15, 0.2) is 80.1 Å². The third-order valence-electron chi connectivity index (χ3n) is 6.13. The molecule has 0 saturated heterocycles. The van der Waals surface area contributed by atoms with Gasteiger partial charge >= 0.3 is 5.69 Å². The number of rotatable bonds is 8. The monoisotopic (exact) mass is 520 g/mol. The molecule has 0 aliphatic rings. The maximum absolute atomic E-state index is 13.0. The highest BCUT2D eigenvalue weighted by Crippen LogP contribution is 2.25. The van der Waals surface area contributed by atoms with E-state index in [-0.39, 0.29) is 18.0 Å². The second kappa shape index (κ2) is 9.64. The number of sulfonamides is 1. The van der Waals surface area contributed by atoms with Crippen molar-refractivity contribution in [2.24, 2.45) is 0 Å². The van der Waals surface area contributed by atoms with Crippen molar-refractivity contribution >= 4 is 21.2 Å². The molecular weight excluding hydrogens is 496 g/mol. The predicted octanol–water partition coefficient (Wildman–Crippen LogP) is 2.40. The van der Waals surface area contributed by atoms with Gasteiger partial charge < -0.3 is 9.09 Å². The number of nitrogens with zero attached hydrogens (tertiary/aromatic N) is 4. The fourth-order valence-corrected chi connectivity index (χ4v) is 5.40. The van der Waals surface area contributed by atoms with E-state index in [9.17, 15) is 18.0 Å². The zero-order chi connectivity index (χ0) is 26.2. The van der Waals surface area contributed by atoms with Crippen LogP contribution >= 0.6 is 0 Å². The van der Waals surface area contributed by atoms with Crippen LogP contribution in [0.5, 0.6) is 0 Å². The molecule has 0 spiro atoms. The summed E-state index contributed by atoms with van der Waals surface area (Å²) in [4.78, 5) is 31.5. The van der Waals surface area contributed by atoms with Gasteiger partial charge in [-0.1, -0.05) is 41.6 Å². The van der Waals surface area contributed by atoms with Crippen LogP contribution in [-0.2, 0) is 29.7 Å². The van der Waals surface area contributed by atoms with E-state index in [1.807, 2.05) is 6.92 Å². The first-order valence-corrected chi connectivity index (χ1v) is 13.0. The Labute approximate surface area is 211 Å². The van der Waals surface area contributed by atoms with E-state index in [0.717, 1.165) is 11.1 Å². The van der Waals surface area contributed by atoms with Crippen LogP contribution in [0.1, 0.15) is 23.6 Å². The van der Waals surface area contributed by atoms with Gasteiger partial charge in [-0.2, -0.15) is 0 Å². The summed E-state index contributed by atoms with van der Waals surface area (Å²) >= 11 is 0. The van der Waals surface area contributed by atoms with Gasteiger partial charge in [-0.05, 0) is 36.6 Å². The zero-order valence-corrected chi connectivity index (χ0v) is 20.9. The second-order valence-corrected chi connectivity index (χ2v) is 10.3. The average molecular weight is 521 g/mol. The summed E-state index contributed by atoms with van der Waals surface area (Å²) in [6.45, 7) is 4.45. The minimum Gasteiger partial charge on any atom is -0.356 e. The van der Waals surface area contributed by atoms with Gasteiger partial charge in [0.25, 0.3) is 5.56 Å². The molecular formula is C25H24N6O5S. The summed E-state index contributed by atoms with van der Waals surface area (Å²) in [5, 5.41) is 3.67. The molecule has 2 aromatic carbocycles. The highest BCUT2D eigenvalue weighted by Gasteiger charge is 2.19. The number of nitrogens with one attached hydrogen (secondary N) is 2. The molecule has 0 aliphatic heterocycles. The van der Waals surface area contributed by atoms with E-state index in [1.165, 1.54) is 17.1 Å². The Morgan fingerprint density at radius 1 is 1.05 bits per heavy atom. The average Bonchev–Trinajstić information content (AvgIpc) is 3.57. The Bertz CT molecular complexity index is 1800. The lowest BCUT2D eigenvalue weighted by Crippen LogP contribution is -2.31. The molecule has 5 rings (SSSR count). The molecule has 37 heavy (non-hydrogen) atoms. The minimum atomic E-state index is -3.80. The number of hydrogen-bond donors (Lipinski definition) is 2. The molecule has 0 saturated carbocycles. The largest absolute Gasteiger partial charge is 0.356 e. The zero-order valence-electron chi connectivity index (χ0n) is 20.1. The highest BCUT2D eigenvalue weighted by molar-refractivity contribution is 7.89. The van der Waals surface area contributed by atoms with Gasteiger partial charge in [-0.3, -0.25) is 14.3 Å². The maximum Gasteiger partial charge on any atom is 0.330 e. The topological polar surface area (TPSA) is 145 Å². The second-order valence-electron chi connectivity index (χ2n) is 8.55. The molecule has 0 aliphatic carbocycles. The summed E-state index contributed by atoms with van der Waals surface area (Å²) in [6.07, 6.45) is 3.03. The lowest BCUT2D eigenvalue weighted by Gasteiger charge is -2.11. The summed E-state index contributed by atoms with van der Waals surface area (Å²) in [5.41, 5.74) is 2.40. The number of fused-ring (bicyclic) bond motifs is 1. The van der Waals surface area contributed by atoms with Crippen LogP contribution in [0, 0.1) is 6.92 Å². The van der Waals surface area contributed by atoms with Crippen LogP contribution < -0.4 is 16.0 Å². The van der Waals surface area contributed by atoms with Gasteiger partial charge in [0.05, 0.1) is 24.0 Å². The van der Waals surface area contributed by atoms with Crippen LogP contribution in [0.2, 0.25) is 0 Å². The first-order chi connectivity index (χ1) is 17.8.